The molecule has 1 aromatic carbocycles. The first-order valence-corrected chi connectivity index (χ1v) is 7.80. The molecule has 2 bridgehead atoms. The first-order chi connectivity index (χ1) is 9.21. The van der Waals surface area contributed by atoms with Crippen molar-refractivity contribution < 1.29 is 0 Å². The molecule has 2 nitrogen and oxygen atoms in total. The highest BCUT2D eigenvalue weighted by Crippen LogP contribution is 2.55. The zero-order valence-corrected chi connectivity index (χ0v) is 11.9. The number of piperidine rings is 1. The van der Waals surface area contributed by atoms with Gasteiger partial charge in [-0.1, -0.05) is 18.9 Å². The van der Waals surface area contributed by atoms with Crippen molar-refractivity contribution in [2.45, 2.75) is 50.0 Å². The molecular weight excluding hydrogens is 232 g/mol. The molecule has 1 saturated heterocycles. The van der Waals surface area contributed by atoms with Crippen LogP contribution in [-0.4, -0.2) is 24.5 Å². The maximum atomic E-state index is 6.09. The van der Waals surface area contributed by atoms with Crippen LogP contribution in [0.5, 0.6) is 0 Å². The highest BCUT2D eigenvalue weighted by Gasteiger charge is 2.52. The second-order valence-electron chi connectivity index (χ2n) is 6.93. The van der Waals surface area contributed by atoms with Crippen molar-refractivity contribution in [2.24, 2.45) is 5.92 Å². The number of rotatable bonds is 0. The molecule has 2 fully saturated rings. The quantitative estimate of drug-likeness (QED) is 0.723. The summed E-state index contributed by atoms with van der Waals surface area (Å²) in [6.07, 6.45) is 8.21. The molecule has 1 heterocycles. The van der Waals surface area contributed by atoms with E-state index in [1.54, 1.807) is 11.1 Å². The van der Waals surface area contributed by atoms with Crippen LogP contribution in [-0.2, 0) is 11.8 Å². The number of hydrogen-bond donors (Lipinski definition) is 1. The van der Waals surface area contributed by atoms with Crippen LogP contribution in [0, 0.1) is 5.92 Å². The molecule has 1 saturated carbocycles. The number of fused-ring (bicyclic) bond motifs is 1. The lowest BCUT2D eigenvalue weighted by molar-refractivity contribution is 0.00291. The number of likely N-dealkylation sites (tertiary alicyclic amines) is 1. The Balaban J connectivity index is 1.90. The summed E-state index contributed by atoms with van der Waals surface area (Å²) in [5.74, 6) is 0.870. The lowest BCUT2D eigenvalue weighted by Crippen LogP contribution is -2.59. The molecule has 0 aromatic heterocycles. The molecule has 0 radical (unpaired) electrons. The molecule has 19 heavy (non-hydrogen) atoms. The van der Waals surface area contributed by atoms with Gasteiger partial charge in [0.2, 0.25) is 0 Å². The van der Waals surface area contributed by atoms with Gasteiger partial charge in [0.1, 0.15) is 0 Å². The third kappa shape index (κ3) is 1.53. The van der Waals surface area contributed by atoms with E-state index in [-0.39, 0.29) is 0 Å². The van der Waals surface area contributed by atoms with Crippen LogP contribution in [0.15, 0.2) is 18.2 Å². The molecule has 0 spiro atoms. The van der Waals surface area contributed by atoms with E-state index in [4.69, 9.17) is 5.73 Å². The fourth-order valence-electron chi connectivity index (χ4n) is 5.21. The third-order valence-corrected chi connectivity index (χ3v) is 6.14. The second-order valence-corrected chi connectivity index (χ2v) is 6.93. The minimum Gasteiger partial charge on any atom is -0.399 e. The first-order valence-electron chi connectivity index (χ1n) is 7.80. The zero-order chi connectivity index (χ0) is 13.0. The summed E-state index contributed by atoms with van der Waals surface area (Å²) in [5, 5.41) is 0. The van der Waals surface area contributed by atoms with Crippen LogP contribution in [0.25, 0.3) is 0 Å². The molecule has 1 aliphatic heterocycles. The number of nitrogen functional groups attached to an aromatic ring is 1. The van der Waals surface area contributed by atoms with E-state index in [9.17, 15) is 0 Å². The number of nitrogens with two attached hydrogens (primary N) is 1. The van der Waals surface area contributed by atoms with Crippen LogP contribution in [0.1, 0.15) is 43.2 Å². The Labute approximate surface area is 116 Å². The maximum Gasteiger partial charge on any atom is 0.0317 e. The third-order valence-electron chi connectivity index (χ3n) is 6.14. The summed E-state index contributed by atoms with van der Waals surface area (Å²) in [5.41, 5.74) is 10.7. The van der Waals surface area contributed by atoms with Crippen molar-refractivity contribution in [3.8, 4) is 0 Å². The van der Waals surface area contributed by atoms with Gasteiger partial charge in [0.15, 0.2) is 0 Å². The molecule has 3 aliphatic rings. The smallest absolute Gasteiger partial charge is 0.0317 e. The Morgan fingerprint density at radius 1 is 1.26 bits per heavy atom. The summed E-state index contributed by atoms with van der Waals surface area (Å²) in [4.78, 5) is 2.62. The van der Waals surface area contributed by atoms with Crippen molar-refractivity contribution in [1.29, 1.82) is 0 Å². The molecule has 102 valence electrons. The molecule has 2 N–H and O–H groups in total. The van der Waals surface area contributed by atoms with Crippen molar-refractivity contribution in [3.63, 3.8) is 0 Å². The SMILES string of the molecule is CN1CC[C@@]23CCCC[C@@H]2[C@H]1Cc1ccc(N)cc13. The van der Waals surface area contributed by atoms with Gasteiger partial charge in [-0.3, -0.25) is 0 Å². The van der Waals surface area contributed by atoms with E-state index >= 15 is 0 Å². The number of hydrogen-bond acceptors (Lipinski definition) is 2. The highest BCUT2D eigenvalue weighted by atomic mass is 15.1. The molecular formula is C17H24N2. The van der Waals surface area contributed by atoms with E-state index in [2.05, 4.69) is 30.1 Å². The van der Waals surface area contributed by atoms with Gasteiger partial charge in [0.25, 0.3) is 0 Å². The Kier molecular flexibility index (Phi) is 2.47. The van der Waals surface area contributed by atoms with Crippen LogP contribution < -0.4 is 5.73 Å². The van der Waals surface area contributed by atoms with E-state index in [1.807, 2.05) is 0 Å². The molecule has 2 heteroatoms. The molecule has 4 rings (SSSR count). The Hall–Kier alpha value is -1.02. The summed E-state index contributed by atoms with van der Waals surface area (Å²) in [6.45, 7) is 1.26. The van der Waals surface area contributed by atoms with E-state index in [0.717, 1.165) is 17.6 Å². The first kappa shape index (κ1) is 11.8. The Morgan fingerprint density at radius 2 is 2.16 bits per heavy atom. The maximum absolute atomic E-state index is 6.09. The van der Waals surface area contributed by atoms with Gasteiger partial charge in [-0.15, -0.1) is 0 Å². The highest BCUT2D eigenvalue weighted by molar-refractivity contribution is 5.51. The molecule has 1 aromatic rings. The van der Waals surface area contributed by atoms with Crippen LogP contribution in [0.3, 0.4) is 0 Å². The lowest BCUT2D eigenvalue weighted by atomic mass is 9.52. The van der Waals surface area contributed by atoms with Gasteiger partial charge in [-0.05, 0) is 68.5 Å². The molecule has 3 atom stereocenters. The van der Waals surface area contributed by atoms with E-state index < -0.39 is 0 Å². The fourth-order valence-corrected chi connectivity index (χ4v) is 5.21. The second kappa shape index (κ2) is 3.99. The van der Waals surface area contributed by atoms with Crippen LogP contribution >= 0.6 is 0 Å². The average molecular weight is 256 g/mol. The normalized spacial score (nSPS) is 37.5. The van der Waals surface area contributed by atoms with Crippen molar-refractivity contribution >= 4 is 5.69 Å². The van der Waals surface area contributed by atoms with E-state index in [1.165, 1.54) is 45.1 Å². The van der Waals surface area contributed by atoms with Gasteiger partial charge in [-0.2, -0.15) is 0 Å². The van der Waals surface area contributed by atoms with Crippen LogP contribution in [0.4, 0.5) is 5.69 Å². The minimum atomic E-state index is 0.457. The van der Waals surface area contributed by atoms with Gasteiger partial charge in [-0.25, -0.2) is 0 Å². The average Bonchev–Trinajstić information content (AvgIpc) is 2.43. The summed E-state index contributed by atoms with van der Waals surface area (Å²) < 4.78 is 0. The number of nitrogens with zero attached hydrogens (tertiary/aromatic N) is 1. The minimum absolute atomic E-state index is 0.457. The molecule has 0 amide bonds. The van der Waals surface area contributed by atoms with Gasteiger partial charge >= 0.3 is 0 Å². The standard InChI is InChI=1S/C17H24N2/c1-19-9-8-17-7-3-2-4-14(17)16(19)10-12-5-6-13(18)11-15(12)17/h5-6,11,14,16H,2-4,7-10,18H2,1H3/t14-,16-,17+/m1/s1. The largest absolute Gasteiger partial charge is 0.399 e. The number of likely N-dealkylation sites (N-methyl/N-ethyl adjacent to an activating group) is 1. The molecule has 0 unspecified atom stereocenters. The Morgan fingerprint density at radius 3 is 3.05 bits per heavy atom. The van der Waals surface area contributed by atoms with Gasteiger partial charge in [0.05, 0.1) is 0 Å². The number of benzene rings is 1. The summed E-state index contributed by atoms with van der Waals surface area (Å²) in [6, 6.07) is 7.46. The zero-order valence-electron chi connectivity index (χ0n) is 11.9. The van der Waals surface area contributed by atoms with Gasteiger partial charge in [0, 0.05) is 17.1 Å². The topological polar surface area (TPSA) is 29.3 Å². The van der Waals surface area contributed by atoms with Crippen molar-refractivity contribution in [2.75, 3.05) is 19.3 Å². The summed E-state index contributed by atoms with van der Waals surface area (Å²) >= 11 is 0. The lowest BCUT2D eigenvalue weighted by Gasteiger charge is -2.58. The van der Waals surface area contributed by atoms with Crippen LogP contribution in [0.2, 0.25) is 0 Å². The van der Waals surface area contributed by atoms with Crippen molar-refractivity contribution in [1.82, 2.24) is 4.90 Å². The van der Waals surface area contributed by atoms with Crippen molar-refractivity contribution in [3.05, 3.63) is 29.3 Å². The predicted octanol–water partition coefficient (Wildman–Crippen LogP) is 2.96. The fraction of sp³-hybridized carbons (Fsp3) is 0.647. The Bertz CT molecular complexity index is 510. The molecule has 2 aliphatic carbocycles. The number of anilines is 1. The van der Waals surface area contributed by atoms with E-state index in [0.29, 0.717) is 5.41 Å². The predicted molar refractivity (Wildman–Crippen MR) is 79.2 cm³/mol. The van der Waals surface area contributed by atoms with Gasteiger partial charge < -0.3 is 10.6 Å². The summed E-state index contributed by atoms with van der Waals surface area (Å²) in [7, 11) is 2.32. The monoisotopic (exact) mass is 256 g/mol.